The number of hydrazine groups is 1. The first-order chi connectivity index (χ1) is 14.0. The molecule has 1 fully saturated rings. The standard InChI is InChI=1S/C23H31N3O3S/c1-23(2,3)20-14-12-19(13-15-20)21-17-26(24-30(4,28)29)22(27)25(21)16-8-11-18-9-6-5-7-10-18/h5-7,9-10,12-15,21,24H,8,11,16-17H2,1-4H3. The molecular weight excluding hydrogens is 398 g/mol. The van der Waals surface area contributed by atoms with Gasteiger partial charge in [0.2, 0.25) is 10.0 Å². The van der Waals surface area contributed by atoms with Crippen molar-refractivity contribution in [2.45, 2.75) is 45.1 Å². The van der Waals surface area contributed by atoms with E-state index in [1.807, 2.05) is 30.3 Å². The Morgan fingerprint density at radius 1 is 1.03 bits per heavy atom. The topological polar surface area (TPSA) is 69.7 Å². The van der Waals surface area contributed by atoms with Gasteiger partial charge >= 0.3 is 6.03 Å². The lowest BCUT2D eigenvalue weighted by Crippen LogP contribution is -2.44. The van der Waals surface area contributed by atoms with Crippen LogP contribution in [0.15, 0.2) is 54.6 Å². The minimum Gasteiger partial charge on any atom is -0.315 e. The molecule has 6 nitrogen and oxygen atoms in total. The van der Waals surface area contributed by atoms with Crippen molar-refractivity contribution in [3.8, 4) is 0 Å². The van der Waals surface area contributed by atoms with E-state index in [-0.39, 0.29) is 24.0 Å². The van der Waals surface area contributed by atoms with Crippen LogP contribution in [0.25, 0.3) is 0 Å². The number of carbonyl (C=O) groups excluding carboxylic acids is 1. The summed E-state index contributed by atoms with van der Waals surface area (Å²) in [6, 6.07) is 17.9. The third-order valence-electron chi connectivity index (χ3n) is 5.35. The van der Waals surface area contributed by atoms with Gasteiger partial charge in [0.1, 0.15) is 0 Å². The summed E-state index contributed by atoms with van der Waals surface area (Å²) in [7, 11) is -3.53. The van der Waals surface area contributed by atoms with Crippen LogP contribution in [-0.4, -0.2) is 43.7 Å². The molecule has 30 heavy (non-hydrogen) atoms. The number of benzene rings is 2. The van der Waals surface area contributed by atoms with Crippen LogP contribution >= 0.6 is 0 Å². The monoisotopic (exact) mass is 429 g/mol. The summed E-state index contributed by atoms with van der Waals surface area (Å²) in [4.78, 5) is 17.1. The van der Waals surface area contributed by atoms with Crippen LogP contribution in [0.4, 0.5) is 4.79 Å². The summed E-state index contributed by atoms with van der Waals surface area (Å²) >= 11 is 0. The average Bonchev–Trinajstić information content (AvgIpc) is 2.96. The molecule has 162 valence electrons. The van der Waals surface area contributed by atoms with Gasteiger partial charge in [0, 0.05) is 6.54 Å². The molecule has 0 aliphatic carbocycles. The van der Waals surface area contributed by atoms with Crippen LogP contribution in [-0.2, 0) is 21.9 Å². The van der Waals surface area contributed by atoms with Gasteiger partial charge in [-0.2, -0.15) is 0 Å². The molecule has 3 rings (SSSR count). The van der Waals surface area contributed by atoms with E-state index in [2.05, 4.69) is 49.9 Å². The van der Waals surface area contributed by atoms with Crippen LogP contribution < -0.4 is 4.83 Å². The Kier molecular flexibility index (Phi) is 6.53. The maximum atomic E-state index is 13.0. The lowest BCUT2D eigenvalue weighted by Gasteiger charge is -2.25. The predicted octanol–water partition coefficient (Wildman–Crippen LogP) is 3.86. The SMILES string of the molecule is CC(C)(C)c1ccc(C2CN(NS(C)(=O)=O)C(=O)N2CCCc2ccccc2)cc1. The zero-order chi connectivity index (χ0) is 21.9. The van der Waals surface area contributed by atoms with Gasteiger partial charge in [-0.25, -0.2) is 18.2 Å². The highest BCUT2D eigenvalue weighted by molar-refractivity contribution is 7.88. The lowest BCUT2D eigenvalue weighted by atomic mass is 9.86. The number of nitrogens with one attached hydrogen (secondary N) is 1. The van der Waals surface area contributed by atoms with Crippen molar-refractivity contribution in [1.82, 2.24) is 14.7 Å². The van der Waals surface area contributed by atoms with E-state index in [4.69, 9.17) is 0 Å². The predicted molar refractivity (Wildman–Crippen MR) is 119 cm³/mol. The summed E-state index contributed by atoms with van der Waals surface area (Å²) < 4.78 is 23.4. The van der Waals surface area contributed by atoms with Crippen LogP contribution in [0.5, 0.6) is 0 Å². The second-order valence-electron chi connectivity index (χ2n) is 8.93. The fraction of sp³-hybridized carbons (Fsp3) is 0.435. The van der Waals surface area contributed by atoms with E-state index in [0.717, 1.165) is 24.7 Å². The number of sulfonamides is 1. The van der Waals surface area contributed by atoms with Crippen molar-refractivity contribution in [2.24, 2.45) is 0 Å². The number of amides is 2. The Bertz CT molecular complexity index is 967. The summed E-state index contributed by atoms with van der Waals surface area (Å²) in [6.45, 7) is 7.33. The minimum absolute atomic E-state index is 0.0449. The van der Waals surface area contributed by atoms with Gasteiger partial charge in [-0.15, -0.1) is 4.83 Å². The molecule has 0 saturated carbocycles. The molecule has 7 heteroatoms. The van der Waals surface area contributed by atoms with Gasteiger partial charge in [0.15, 0.2) is 0 Å². The number of aryl methyl sites for hydroxylation is 1. The quantitative estimate of drug-likeness (QED) is 0.727. The highest BCUT2D eigenvalue weighted by Crippen LogP contribution is 2.31. The van der Waals surface area contributed by atoms with Crippen molar-refractivity contribution in [3.63, 3.8) is 0 Å². The zero-order valence-corrected chi connectivity index (χ0v) is 18.9. The van der Waals surface area contributed by atoms with Crippen LogP contribution in [0, 0.1) is 0 Å². The maximum absolute atomic E-state index is 13.0. The van der Waals surface area contributed by atoms with Crippen LogP contribution in [0.1, 0.15) is 49.9 Å². The van der Waals surface area contributed by atoms with Crippen LogP contribution in [0.2, 0.25) is 0 Å². The van der Waals surface area contributed by atoms with Gasteiger partial charge < -0.3 is 4.90 Å². The zero-order valence-electron chi connectivity index (χ0n) is 18.1. The minimum atomic E-state index is -3.53. The highest BCUT2D eigenvalue weighted by Gasteiger charge is 2.39. The summed E-state index contributed by atoms with van der Waals surface area (Å²) in [5.74, 6) is 0. The number of hydrogen-bond donors (Lipinski definition) is 1. The number of urea groups is 1. The number of rotatable bonds is 7. The van der Waals surface area contributed by atoms with Crippen LogP contribution in [0.3, 0.4) is 0 Å². The number of nitrogens with zero attached hydrogens (tertiary/aromatic N) is 2. The van der Waals surface area contributed by atoms with E-state index in [0.29, 0.717) is 6.54 Å². The highest BCUT2D eigenvalue weighted by atomic mass is 32.2. The van der Waals surface area contributed by atoms with E-state index >= 15 is 0 Å². The van der Waals surface area contributed by atoms with Gasteiger partial charge in [-0.05, 0) is 34.9 Å². The Labute approximate surface area is 179 Å². The smallest absolute Gasteiger partial charge is 0.315 e. The normalized spacial score (nSPS) is 17.6. The third-order valence-corrected chi connectivity index (χ3v) is 5.91. The fourth-order valence-electron chi connectivity index (χ4n) is 3.75. The van der Waals surface area contributed by atoms with Gasteiger partial charge in [-0.1, -0.05) is 75.4 Å². The van der Waals surface area contributed by atoms with Crippen molar-refractivity contribution in [2.75, 3.05) is 19.3 Å². The van der Waals surface area contributed by atoms with Crippen molar-refractivity contribution < 1.29 is 13.2 Å². The van der Waals surface area contributed by atoms with Crippen molar-refractivity contribution >= 4 is 16.1 Å². The molecule has 1 aliphatic rings. The first-order valence-corrected chi connectivity index (χ1v) is 12.1. The summed E-state index contributed by atoms with van der Waals surface area (Å²) in [6.07, 6.45) is 2.73. The average molecular weight is 430 g/mol. The molecule has 1 atom stereocenters. The molecule has 0 bridgehead atoms. The van der Waals surface area contributed by atoms with Gasteiger partial charge in [0.25, 0.3) is 0 Å². The lowest BCUT2D eigenvalue weighted by molar-refractivity contribution is 0.181. The second-order valence-corrected chi connectivity index (χ2v) is 10.7. The first kappa shape index (κ1) is 22.3. The van der Waals surface area contributed by atoms with E-state index in [1.165, 1.54) is 16.1 Å². The van der Waals surface area contributed by atoms with Gasteiger partial charge in [0.05, 0.1) is 18.8 Å². The number of carbonyl (C=O) groups is 1. The molecule has 1 aliphatic heterocycles. The largest absolute Gasteiger partial charge is 0.335 e. The molecule has 2 amide bonds. The maximum Gasteiger partial charge on any atom is 0.335 e. The molecule has 0 spiro atoms. The fourth-order valence-corrected chi connectivity index (χ4v) is 4.31. The number of hydrogen-bond acceptors (Lipinski definition) is 3. The Hall–Kier alpha value is -2.38. The molecule has 1 N–H and O–H groups in total. The summed E-state index contributed by atoms with van der Waals surface area (Å²) in [5, 5.41) is 1.21. The second kappa shape index (κ2) is 8.78. The molecule has 2 aromatic carbocycles. The van der Waals surface area contributed by atoms with E-state index in [1.54, 1.807) is 4.90 Å². The van der Waals surface area contributed by atoms with Gasteiger partial charge in [-0.3, -0.25) is 0 Å². The molecule has 0 aromatic heterocycles. The van der Waals surface area contributed by atoms with Crippen molar-refractivity contribution in [3.05, 3.63) is 71.3 Å². The molecule has 1 unspecified atom stereocenters. The summed E-state index contributed by atoms with van der Waals surface area (Å²) in [5.41, 5.74) is 3.50. The molecule has 2 aromatic rings. The molecule has 1 heterocycles. The third kappa shape index (κ3) is 5.61. The van der Waals surface area contributed by atoms with Crippen molar-refractivity contribution in [1.29, 1.82) is 0 Å². The Morgan fingerprint density at radius 2 is 1.67 bits per heavy atom. The van der Waals surface area contributed by atoms with E-state index < -0.39 is 10.0 Å². The first-order valence-electron chi connectivity index (χ1n) is 10.2. The van der Waals surface area contributed by atoms with E-state index in [9.17, 15) is 13.2 Å². The molecule has 0 radical (unpaired) electrons. The molecule has 1 saturated heterocycles. The molecular formula is C23H31N3O3S. The Balaban J connectivity index is 1.78. The Morgan fingerprint density at radius 3 is 2.23 bits per heavy atom.